The number of hydrogen-bond acceptors (Lipinski definition) is 2. The van der Waals surface area contributed by atoms with E-state index in [1.807, 2.05) is 50.2 Å². The van der Waals surface area contributed by atoms with Crippen LogP contribution in [0.2, 0.25) is 0 Å². The first-order valence-corrected chi connectivity index (χ1v) is 6.99. The molecule has 0 spiro atoms. The van der Waals surface area contributed by atoms with Gasteiger partial charge in [0.05, 0.1) is 9.79 Å². The van der Waals surface area contributed by atoms with E-state index in [0.717, 1.165) is 11.1 Å². The summed E-state index contributed by atoms with van der Waals surface area (Å²) in [5.74, 6) is 0. The van der Waals surface area contributed by atoms with Crippen LogP contribution in [0.5, 0.6) is 0 Å². The van der Waals surface area contributed by atoms with Gasteiger partial charge in [0.2, 0.25) is 0 Å². The van der Waals surface area contributed by atoms with Crippen LogP contribution in [0, 0.1) is 18.6 Å². The molecule has 1 N–H and O–H groups in total. The minimum Gasteiger partial charge on any atom is -0.245 e. The summed E-state index contributed by atoms with van der Waals surface area (Å²) in [7, 11) is -2.90. The fourth-order valence-electron chi connectivity index (χ4n) is 1.88. The van der Waals surface area contributed by atoms with Crippen LogP contribution in [0.15, 0.2) is 58.3 Å². The maximum atomic E-state index is 12.7. The zero-order valence-electron chi connectivity index (χ0n) is 9.94. The van der Waals surface area contributed by atoms with Crippen LogP contribution >= 0.6 is 0 Å². The van der Waals surface area contributed by atoms with Gasteiger partial charge in [-0.15, -0.1) is 0 Å². The Bertz CT molecular complexity index is 593. The van der Waals surface area contributed by atoms with E-state index in [1.165, 1.54) is 0 Å². The van der Waals surface area contributed by atoms with Gasteiger partial charge in [0.15, 0.2) is 0 Å². The first kappa shape index (κ1) is 11.9. The summed E-state index contributed by atoms with van der Waals surface area (Å²) in [6, 6.07) is 14.8. The Morgan fingerprint density at radius 3 is 1.53 bits per heavy atom. The number of rotatable bonds is 2. The van der Waals surface area contributed by atoms with E-state index in [1.54, 1.807) is 12.1 Å². The summed E-state index contributed by atoms with van der Waals surface area (Å²) >= 11 is 0. The molecule has 0 aliphatic carbocycles. The van der Waals surface area contributed by atoms with Crippen LogP contribution in [-0.4, -0.2) is 4.21 Å². The van der Waals surface area contributed by atoms with Crippen molar-refractivity contribution in [1.29, 1.82) is 4.78 Å². The minimum absolute atomic E-state index is 0.606. The van der Waals surface area contributed by atoms with Crippen molar-refractivity contribution in [2.24, 2.45) is 0 Å². The maximum absolute atomic E-state index is 12.7. The van der Waals surface area contributed by atoms with E-state index >= 15 is 0 Å². The molecule has 0 saturated carbocycles. The maximum Gasteiger partial charge on any atom is 0.102 e. The van der Waals surface area contributed by atoms with Gasteiger partial charge >= 0.3 is 0 Å². The molecule has 2 aromatic carbocycles. The van der Waals surface area contributed by atoms with Gasteiger partial charge in [0.25, 0.3) is 0 Å². The van der Waals surface area contributed by atoms with Crippen LogP contribution in [-0.2, 0) is 9.73 Å². The topological polar surface area (TPSA) is 40.9 Å². The number of aryl methyl sites for hydroxylation is 2. The Labute approximate surface area is 102 Å². The average Bonchev–Trinajstić information content (AvgIpc) is 2.29. The van der Waals surface area contributed by atoms with Gasteiger partial charge in [-0.25, -0.2) is 8.99 Å². The summed E-state index contributed by atoms with van der Waals surface area (Å²) in [4.78, 5) is 1.21. The third-order valence-electron chi connectivity index (χ3n) is 2.81. The summed E-state index contributed by atoms with van der Waals surface area (Å²) in [6.45, 7) is 3.78. The molecule has 0 aromatic heterocycles. The quantitative estimate of drug-likeness (QED) is 0.859. The molecule has 3 heteroatoms. The fraction of sp³-hybridized carbons (Fsp3) is 0.143. The normalized spacial score (nSPS) is 11.4. The number of benzene rings is 2. The van der Waals surface area contributed by atoms with E-state index in [2.05, 4.69) is 0 Å². The van der Waals surface area contributed by atoms with E-state index in [4.69, 9.17) is 4.78 Å². The highest BCUT2D eigenvalue weighted by atomic mass is 32.2. The van der Waals surface area contributed by atoms with Gasteiger partial charge in [0.1, 0.15) is 9.73 Å². The first-order chi connectivity index (χ1) is 8.03. The molecular formula is C14H15NOS. The molecular weight excluding hydrogens is 230 g/mol. The van der Waals surface area contributed by atoms with Crippen molar-refractivity contribution in [2.75, 3.05) is 0 Å². The van der Waals surface area contributed by atoms with E-state index in [9.17, 15) is 4.21 Å². The van der Waals surface area contributed by atoms with Crippen LogP contribution in [0.25, 0.3) is 0 Å². The van der Waals surface area contributed by atoms with Crippen molar-refractivity contribution >= 4 is 9.73 Å². The Morgan fingerprint density at radius 2 is 1.18 bits per heavy atom. The Kier molecular flexibility index (Phi) is 3.03. The first-order valence-electron chi connectivity index (χ1n) is 5.43. The van der Waals surface area contributed by atoms with E-state index < -0.39 is 9.73 Å². The summed E-state index contributed by atoms with van der Waals surface area (Å²) in [5, 5.41) is 0. The predicted molar refractivity (Wildman–Crippen MR) is 69.8 cm³/mol. The van der Waals surface area contributed by atoms with Crippen molar-refractivity contribution in [1.82, 2.24) is 0 Å². The molecule has 0 unspecified atom stereocenters. The minimum atomic E-state index is -2.90. The van der Waals surface area contributed by atoms with E-state index in [-0.39, 0.29) is 0 Å². The van der Waals surface area contributed by atoms with Crippen LogP contribution < -0.4 is 0 Å². The second kappa shape index (κ2) is 4.34. The molecule has 0 atom stereocenters. The summed E-state index contributed by atoms with van der Waals surface area (Å²) < 4.78 is 20.9. The fourth-order valence-corrected chi connectivity index (χ4v) is 3.70. The lowest BCUT2D eigenvalue weighted by Gasteiger charge is -2.12. The lowest BCUT2D eigenvalue weighted by Crippen LogP contribution is -2.03. The molecule has 0 bridgehead atoms. The molecule has 0 saturated heterocycles. The Morgan fingerprint density at radius 1 is 0.824 bits per heavy atom. The second-order valence-corrected chi connectivity index (χ2v) is 6.08. The SMILES string of the molecule is Cc1ccccc1S(=N)(=O)c1ccccc1C. The molecule has 88 valence electrons. The van der Waals surface area contributed by atoms with Gasteiger partial charge in [-0.3, -0.25) is 0 Å². The van der Waals surface area contributed by atoms with Gasteiger partial charge in [0, 0.05) is 0 Å². The zero-order valence-corrected chi connectivity index (χ0v) is 10.8. The lowest BCUT2D eigenvalue weighted by molar-refractivity contribution is 0.673. The smallest absolute Gasteiger partial charge is 0.102 e. The second-order valence-electron chi connectivity index (χ2n) is 4.09. The zero-order chi connectivity index (χ0) is 12.5. The van der Waals surface area contributed by atoms with Crippen molar-refractivity contribution in [3.63, 3.8) is 0 Å². The molecule has 0 heterocycles. The van der Waals surface area contributed by atoms with Crippen molar-refractivity contribution in [2.45, 2.75) is 23.6 Å². The van der Waals surface area contributed by atoms with Crippen LogP contribution in [0.3, 0.4) is 0 Å². The van der Waals surface area contributed by atoms with Gasteiger partial charge in [-0.2, -0.15) is 0 Å². The van der Waals surface area contributed by atoms with Crippen molar-refractivity contribution < 1.29 is 4.21 Å². The molecule has 2 rings (SSSR count). The molecule has 0 radical (unpaired) electrons. The molecule has 0 aliphatic heterocycles. The van der Waals surface area contributed by atoms with Gasteiger partial charge in [-0.05, 0) is 37.1 Å². The highest BCUT2D eigenvalue weighted by Crippen LogP contribution is 2.26. The predicted octanol–water partition coefficient (Wildman–Crippen LogP) is 3.77. The standard InChI is InChI=1S/C14H15NOS/c1-11-7-3-5-9-13(11)17(15,16)14-10-6-4-8-12(14)2/h3-10,15H,1-2H3. The average molecular weight is 245 g/mol. The summed E-state index contributed by atoms with van der Waals surface area (Å²) in [5.41, 5.74) is 1.80. The molecule has 0 amide bonds. The largest absolute Gasteiger partial charge is 0.245 e. The molecule has 2 aromatic rings. The Balaban J connectivity index is 2.67. The molecule has 0 fully saturated rings. The highest BCUT2D eigenvalue weighted by Gasteiger charge is 2.16. The molecule has 17 heavy (non-hydrogen) atoms. The van der Waals surface area contributed by atoms with Crippen molar-refractivity contribution in [3.05, 3.63) is 59.7 Å². The van der Waals surface area contributed by atoms with Crippen molar-refractivity contribution in [3.8, 4) is 0 Å². The summed E-state index contributed by atoms with van der Waals surface area (Å²) in [6.07, 6.45) is 0. The third-order valence-corrected chi connectivity index (χ3v) is 4.96. The third kappa shape index (κ3) is 2.11. The van der Waals surface area contributed by atoms with Gasteiger partial charge < -0.3 is 0 Å². The molecule has 0 aliphatic rings. The number of hydrogen-bond donors (Lipinski definition) is 1. The number of nitrogens with one attached hydrogen (secondary N) is 1. The lowest BCUT2D eigenvalue weighted by atomic mass is 10.2. The Hall–Kier alpha value is -1.61. The highest BCUT2D eigenvalue weighted by molar-refractivity contribution is 7.92. The van der Waals surface area contributed by atoms with Gasteiger partial charge in [-0.1, -0.05) is 36.4 Å². The molecule has 2 nitrogen and oxygen atoms in total. The monoisotopic (exact) mass is 245 g/mol. The van der Waals surface area contributed by atoms with Crippen LogP contribution in [0.1, 0.15) is 11.1 Å². The van der Waals surface area contributed by atoms with Crippen LogP contribution in [0.4, 0.5) is 0 Å². The van der Waals surface area contributed by atoms with E-state index in [0.29, 0.717) is 9.79 Å².